The molecule has 1 saturated heterocycles. The molecule has 2 aliphatic rings. The average Bonchev–Trinajstić information content (AvgIpc) is 2.86. The van der Waals surface area contributed by atoms with Crippen LogP contribution in [-0.2, 0) is 4.74 Å². The van der Waals surface area contributed by atoms with Gasteiger partial charge in [-0.3, -0.25) is 4.90 Å². The lowest BCUT2D eigenvalue weighted by atomic mass is 10.3. The van der Waals surface area contributed by atoms with Crippen molar-refractivity contribution in [2.24, 2.45) is 11.8 Å². The minimum absolute atomic E-state index is 0.655. The molecule has 2 fully saturated rings. The van der Waals surface area contributed by atoms with E-state index >= 15 is 0 Å². The number of morpholine rings is 1. The van der Waals surface area contributed by atoms with Crippen LogP contribution < -0.4 is 0 Å². The predicted molar refractivity (Wildman–Crippen MR) is 55.6 cm³/mol. The summed E-state index contributed by atoms with van der Waals surface area (Å²) in [6, 6.07) is 0. The second-order valence-corrected chi connectivity index (χ2v) is 4.15. The molecule has 3 heteroatoms. The zero-order valence-electron chi connectivity index (χ0n) is 7.63. The summed E-state index contributed by atoms with van der Waals surface area (Å²) in [4.78, 5) is 5.31. The highest BCUT2D eigenvalue weighted by Crippen LogP contribution is 2.38. The highest BCUT2D eigenvalue weighted by Gasteiger charge is 2.36. The molecule has 0 bridgehead atoms. The smallest absolute Gasteiger partial charge is 0.0594 e. The lowest BCUT2D eigenvalue weighted by Gasteiger charge is -2.26. The Morgan fingerprint density at radius 2 is 2.15 bits per heavy atom. The van der Waals surface area contributed by atoms with Crippen LogP contribution in [0.5, 0.6) is 0 Å². The third kappa shape index (κ3) is 2.70. The minimum atomic E-state index is 0.655. The second kappa shape index (κ2) is 4.45. The van der Waals surface area contributed by atoms with E-state index in [-0.39, 0.29) is 0 Å². The third-order valence-electron chi connectivity index (χ3n) is 2.76. The third-order valence-corrected chi connectivity index (χ3v) is 2.99. The van der Waals surface area contributed by atoms with Crippen LogP contribution in [-0.4, -0.2) is 37.7 Å². The van der Waals surface area contributed by atoms with E-state index in [1.807, 2.05) is 0 Å². The Hall–Kier alpha value is -0.0400. The lowest BCUT2D eigenvalue weighted by molar-refractivity contribution is 0.0354. The number of rotatable bonds is 2. The van der Waals surface area contributed by atoms with Gasteiger partial charge in [0.1, 0.15) is 0 Å². The molecule has 0 aromatic heterocycles. The number of nitrogens with zero attached hydrogens (tertiary/aromatic N) is 1. The Kier molecular flexibility index (Phi) is 3.26. The van der Waals surface area contributed by atoms with Crippen LogP contribution >= 0.6 is 15.9 Å². The summed E-state index contributed by atoms with van der Waals surface area (Å²) in [5, 5.41) is 0. The van der Waals surface area contributed by atoms with E-state index in [0.29, 0.717) is 5.92 Å². The lowest BCUT2D eigenvalue weighted by Crippen LogP contribution is -2.37. The van der Waals surface area contributed by atoms with E-state index in [2.05, 4.69) is 31.6 Å². The first kappa shape index (κ1) is 9.51. The Morgan fingerprint density at radius 1 is 1.38 bits per heavy atom. The van der Waals surface area contributed by atoms with Crippen LogP contribution in [0.2, 0.25) is 0 Å². The minimum Gasteiger partial charge on any atom is -0.379 e. The standard InChI is InChI=1S/C10H14BrNO/c11-2-1-9-7-10(9)8-12-3-5-13-6-4-12/h9-10H,3-8H2/t9-,10+/m1/s1. The van der Waals surface area contributed by atoms with E-state index in [1.54, 1.807) is 0 Å². The van der Waals surface area contributed by atoms with Gasteiger partial charge in [0.05, 0.1) is 13.2 Å². The molecule has 1 saturated carbocycles. The zero-order valence-corrected chi connectivity index (χ0v) is 9.22. The first-order valence-corrected chi connectivity index (χ1v) is 5.60. The normalized spacial score (nSPS) is 33.6. The van der Waals surface area contributed by atoms with E-state index in [1.165, 1.54) is 13.0 Å². The first-order chi connectivity index (χ1) is 6.40. The molecule has 0 aromatic rings. The fourth-order valence-electron chi connectivity index (χ4n) is 1.81. The molecule has 13 heavy (non-hydrogen) atoms. The molecule has 0 spiro atoms. The van der Waals surface area contributed by atoms with Gasteiger partial charge in [-0.25, -0.2) is 0 Å². The van der Waals surface area contributed by atoms with Crippen LogP contribution in [0.25, 0.3) is 0 Å². The molecule has 0 radical (unpaired) electrons. The van der Waals surface area contributed by atoms with Gasteiger partial charge in [-0.05, 0) is 17.2 Å². The van der Waals surface area contributed by atoms with E-state index in [0.717, 1.165) is 32.2 Å². The maximum absolute atomic E-state index is 5.30. The predicted octanol–water partition coefficient (Wildman–Crippen LogP) is 1.31. The van der Waals surface area contributed by atoms with Crippen LogP contribution in [0, 0.1) is 22.6 Å². The summed E-state index contributed by atoms with van der Waals surface area (Å²) in [6.07, 6.45) is 1.29. The maximum Gasteiger partial charge on any atom is 0.0594 e. The first-order valence-electron chi connectivity index (χ1n) is 4.81. The summed E-state index contributed by atoms with van der Waals surface area (Å²) >= 11 is 3.15. The Balaban J connectivity index is 1.69. The van der Waals surface area contributed by atoms with Crippen molar-refractivity contribution < 1.29 is 4.74 Å². The molecular formula is C10H14BrNO. The molecule has 1 aliphatic heterocycles. The SMILES string of the molecule is BrC#C[C@@H]1C[C@H]1CN1CCOCC1. The molecule has 0 amide bonds. The second-order valence-electron chi connectivity index (χ2n) is 3.75. The number of hydrogen-bond donors (Lipinski definition) is 0. The molecule has 1 aliphatic carbocycles. The topological polar surface area (TPSA) is 12.5 Å². The summed E-state index contributed by atoms with van der Waals surface area (Å²) in [6.45, 7) is 5.23. The highest BCUT2D eigenvalue weighted by molar-refractivity contribution is 9.12. The Morgan fingerprint density at radius 3 is 2.85 bits per heavy atom. The number of halogens is 1. The Labute approximate surface area is 87.8 Å². The van der Waals surface area contributed by atoms with Crippen molar-refractivity contribution in [3.05, 3.63) is 0 Å². The van der Waals surface area contributed by atoms with Crippen molar-refractivity contribution in [1.82, 2.24) is 4.90 Å². The largest absolute Gasteiger partial charge is 0.379 e. The summed E-state index contributed by atoms with van der Waals surface area (Å²) in [5.41, 5.74) is 0. The van der Waals surface area contributed by atoms with Crippen molar-refractivity contribution in [2.75, 3.05) is 32.8 Å². The monoisotopic (exact) mass is 243 g/mol. The van der Waals surface area contributed by atoms with Crippen LogP contribution in [0.1, 0.15) is 6.42 Å². The highest BCUT2D eigenvalue weighted by atomic mass is 79.9. The zero-order chi connectivity index (χ0) is 9.10. The van der Waals surface area contributed by atoms with Crippen molar-refractivity contribution in [1.29, 1.82) is 0 Å². The van der Waals surface area contributed by atoms with Crippen molar-refractivity contribution in [3.8, 4) is 10.8 Å². The van der Waals surface area contributed by atoms with E-state index in [9.17, 15) is 0 Å². The van der Waals surface area contributed by atoms with Crippen molar-refractivity contribution in [2.45, 2.75) is 6.42 Å². The van der Waals surface area contributed by atoms with Crippen LogP contribution in [0.3, 0.4) is 0 Å². The molecule has 2 nitrogen and oxygen atoms in total. The van der Waals surface area contributed by atoms with Gasteiger partial charge in [-0.2, -0.15) is 0 Å². The molecule has 0 N–H and O–H groups in total. The average molecular weight is 244 g/mol. The van der Waals surface area contributed by atoms with Crippen LogP contribution in [0.15, 0.2) is 0 Å². The number of ether oxygens (including phenoxy) is 1. The molecule has 2 rings (SSSR count). The van der Waals surface area contributed by atoms with Crippen molar-refractivity contribution >= 4 is 15.9 Å². The van der Waals surface area contributed by atoms with Crippen LogP contribution in [0.4, 0.5) is 0 Å². The van der Waals surface area contributed by atoms with Gasteiger partial charge in [0.15, 0.2) is 0 Å². The molecule has 2 atom stereocenters. The van der Waals surface area contributed by atoms with E-state index in [4.69, 9.17) is 4.74 Å². The molecule has 0 unspecified atom stereocenters. The van der Waals surface area contributed by atoms with Gasteiger partial charge in [0.2, 0.25) is 0 Å². The molecular weight excluding hydrogens is 230 g/mol. The van der Waals surface area contributed by atoms with Gasteiger partial charge in [-0.1, -0.05) is 5.92 Å². The summed E-state index contributed by atoms with van der Waals surface area (Å²) in [7, 11) is 0. The molecule has 0 aromatic carbocycles. The van der Waals surface area contributed by atoms with Gasteiger partial charge in [0, 0.05) is 41.5 Å². The van der Waals surface area contributed by atoms with E-state index < -0.39 is 0 Å². The molecule has 1 heterocycles. The fraction of sp³-hybridized carbons (Fsp3) is 0.800. The fourth-order valence-corrected chi connectivity index (χ4v) is 2.11. The summed E-state index contributed by atoms with van der Waals surface area (Å²) in [5.74, 6) is 4.65. The molecule has 72 valence electrons. The van der Waals surface area contributed by atoms with Gasteiger partial charge >= 0.3 is 0 Å². The van der Waals surface area contributed by atoms with Gasteiger partial charge in [-0.15, -0.1) is 0 Å². The van der Waals surface area contributed by atoms with Gasteiger partial charge < -0.3 is 4.74 Å². The quantitative estimate of drug-likeness (QED) is 0.679. The maximum atomic E-state index is 5.30. The Bertz CT molecular complexity index is 227. The van der Waals surface area contributed by atoms with Gasteiger partial charge in [0.25, 0.3) is 0 Å². The van der Waals surface area contributed by atoms with Crippen molar-refractivity contribution in [3.63, 3.8) is 0 Å². The summed E-state index contributed by atoms with van der Waals surface area (Å²) < 4.78 is 5.30. The number of hydrogen-bond acceptors (Lipinski definition) is 2.